The van der Waals surface area contributed by atoms with Crippen LogP contribution in [0.5, 0.6) is 11.5 Å². The van der Waals surface area contributed by atoms with Crippen molar-refractivity contribution in [2.45, 2.75) is 33.4 Å². The molecule has 5 rings (SSSR count). The molecular formula is C32H27Cl2IN2O5S. The molecule has 1 aliphatic rings. The molecule has 1 atom stereocenters. The number of rotatable bonds is 9. The van der Waals surface area contributed by atoms with E-state index in [1.54, 1.807) is 36.6 Å². The summed E-state index contributed by atoms with van der Waals surface area (Å²) in [5, 5.41) is 1.15. The van der Waals surface area contributed by atoms with Crippen LogP contribution < -0.4 is 24.4 Å². The fourth-order valence-corrected chi connectivity index (χ4v) is 7.11. The number of carbonyl (C=O) groups excluding carboxylic acids is 1. The summed E-state index contributed by atoms with van der Waals surface area (Å²) in [6, 6.07) is 17.6. The molecule has 222 valence electrons. The fourth-order valence-electron chi connectivity index (χ4n) is 4.74. The number of ether oxygens (including phenoxy) is 3. The van der Waals surface area contributed by atoms with Crippen LogP contribution in [0.2, 0.25) is 10.0 Å². The van der Waals surface area contributed by atoms with Crippen LogP contribution in [0.3, 0.4) is 0 Å². The van der Waals surface area contributed by atoms with E-state index in [1.807, 2.05) is 55.5 Å². The van der Waals surface area contributed by atoms with Gasteiger partial charge >= 0.3 is 5.97 Å². The van der Waals surface area contributed by atoms with Gasteiger partial charge in [0, 0.05) is 15.6 Å². The molecule has 0 saturated carbocycles. The minimum atomic E-state index is -0.728. The second kappa shape index (κ2) is 13.7. The number of fused-ring (bicyclic) bond motifs is 1. The maximum absolute atomic E-state index is 14.1. The first-order valence-electron chi connectivity index (χ1n) is 13.5. The highest BCUT2D eigenvalue weighted by Crippen LogP contribution is 2.33. The first kappa shape index (κ1) is 31.3. The topological polar surface area (TPSA) is 79.1 Å². The molecule has 11 heteroatoms. The second-order valence-corrected chi connectivity index (χ2v) is 12.6. The normalized spacial score (nSPS) is 14.7. The third-order valence-electron chi connectivity index (χ3n) is 6.64. The van der Waals surface area contributed by atoms with Gasteiger partial charge in [-0.3, -0.25) is 9.36 Å². The van der Waals surface area contributed by atoms with Crippen molar-refractivity contribution in [1.82, 2.24) is 4.57 Å². The number of allylic oxidation sites excluding steroid dienone is 1. The standard InChI is InChI=1S/C32H27Cl2IN2O5S/c1-4-40-24-12-8-20(9-13-24)28-27(31(39)41-5-2)18(3)36-32-37(28)30(38)26(43-32)15-21-14-23(34)16-25(35)29(21)42-17-19-6-10-22(33)11-7-19/h6-16,28H,4-5,17H2,1-3H3/b26-15-/t28-/m1/s1. The van der Waals surface area contributed by atoms with Gasteiger partial charge in [0.2, 0.25) is 0 Å². The van der Waals surface area contributed by atoms with Gasteiger partial charge in [-0.25, -0.2) is 9.79 Å². The number of nitrogens with zero attached hydrogens (tertiary/aromatic N) is 2. The SMILES string of the molecule is CCOC(=O)C1=C(C)N=c2s/c(=C\c3cc(Cl)cc(I)c3OCc3ccc(Cl)cc3)c(=O)n2[C@@H]1c1ccc(OCC)cc1. The van der Waals surface area contributed by atoms with E-state index in [2.05, 4.69) is 27.6 Å². The smallest absolute Gasteiger partial charge is 0.338 e. The largest absolute Gasteiger partial charge is 0.494 e. The second-order valence-electron chi connectivity index (χ2n) is 9.53. The van der Waals surface area contributed by atoms with Gasteiger partial charge in [0.1, 0.15) is 18.1 Å². The highest BCUT2D eigenvalue weighted by atomic mass is 127. The van der Waals surface area contributed by atoms with Crippen molar-refractivity contribution in [2.24, 2.45) is 4.99 Å². The Hall–Kier alpha value is -3.12. The molecule has 0 fully saturated rings. The fraction of sp³-hybridized carbons (Fsp3) is 0.219. The van der Waals surface area contributed by atoms with Gasteiger partial charge in [-0.15, -0.1) is 0 Å². The Morgan fingerprint density at radius 2 is 1.74 bits per heavy atom. The molecule has 0 aliphatic carbocycles. The van der Waals surface area contributed by atoms with Crippen molar-refractivity contribution in [3.8, 4) is 11.5 Å². The Morgan fingerprint density at radius 1 is 1.02 bits per heavy atom. The number of aromatic nitrogens is 1. The van der Waals surface area contributed by atoms with Crippen LogP contribution in [0.4, 0.5) is 0 Å². The summed E-state index contributed by atoms with van der Waals surface area (Å²) in [6.45, 7) is 6.43. The summed E-state index contributed by atoms with van der Waals surface area (Å²) in [5.41, 5.74) is 2.84. The molecule has 0 spiro atoms. The van der Waals surface area contributed by atoms with Crippen LogP contribution in [-0.4, -0.2) is 23.8 Å². The molecule has 1 aromatic heterocycles. The first-order chi connectivity index (χ1) is 20.7. The van der Waals surface area contributed by atoms with Crippen molar-refractivity contribution in [1.29, 1.82) is 0 Å². The molecule has 4 aromatic rings. The molecule has 3 aromatic carbocycles. The van der Waals surface area contributed by atoms with Crippen molar-refractivity contribution in [3.63, 3.8) is 0 Å². The number of benzene rings is 3. The molecule has 0 amide bonds. The predicted octanol–water partition coefficient (Wildman–Crippen LogP) is 6.69. The summed E-state index contributed by atoms with van der Waals surface area (Å²) in [5.74, 6) is 0.773. The van der Waals surface area contributed by atoms with E-state index in [0.29, 0.717) is 60.9 Å². The van der Waals surface area contributed by atoms with Crippen molar-refractivity contribution < 1.29 is 19.0 Å². The molecule has 7 nitrogen and oxygen atoms in total. The highest BCUT2D eigenvalue weighted by Gasteiger charge is 2.33. The van der Waals surface area contributed by atoms with Gasteiger partial charge in [0.25, 0.3) is 5.56 Å². The summed E-state index contributed by atoms with van der Waals surface area (Å²) in [7, 11) is 0. The minimum absolute atomic E-state index is 0.197. The molecule has 0 saturated heterocycles. The maximum atomic E-state index is 14.1. The average molecular weight is 749 g/mol. The summed E-state index contributed by atoms with van der Waals surface area (Å²) in [4.78, 5) is 32.4. The van der Waals surface area contributed by atoms with E-state index in [-0.39, 0.29) is 12.2 Å². The lowest BCUT2D eigenvalue weighted by atomic mass is 9.96. The zero-order valence-corrected chi connectivity index (χ0v) is 28.0. The van der Waals surface area contributed by atoms with Crippen molar-refractivity contribution >= 4 is 69.2 Å². The number of esters is 1. The van der Waals surface area contributed by atoms with Gasteiger partial charge in [-0.2, -0.15) is 0 Å². The number of thiazole rings is 1. The average Bonchev–Trinajstić information content (AvgIpc) is 3.27. The van der Waals surface area contributed by atoms with E-state index in [4.69, 9.17) is 37.4 Å². The highest BCUT2D eigenvalue weighted by molar-refractivity contribution is 14.1. The molecule has 0 bridgehead atoms. The molecule has 2 heterocycles. The van der Waals surface area contributed by atoms with Crippen LogP contribution >= 0.6 is 57.1 Å². The zero-order chi connectivity index (χ0) is 30.7. The Labute approximate surface area is 276 Å². The van der Waals surface area contributed by atoms with Gasteiger partial charge < -0.3 is 14.2 Å². The molecular weight excluding hydrogens is 722 g/mol. The lowest BCUT2D eigenvalue weighted by Crippen LogP contribution is -2.39. The van der Waals surface area contributed by atoms with Crippen LogP contribution in [0, 0.1) is 3.57 Å². The maximum Gasteiger partial charge on any atom is 0.338 e. The Kier molecular flexibility index (Phi) is 9.95. The van der Waals surface area contributed by atoms with Crippen LogP contribution in [0.1, 0.15) is 43.5 Å². The summed E-state index contributed by atoms with van der Waals surface area (Å²) < 4.78 is 20.0. The Bertz CT molecular complexity index is 1880. The van der Waals surface area contributed by atoms with E-state index in [1.165, 1.54) is 11.3 Å². The van der Waals surface area contributed by atoms with Gasteiger partial charge in [-0.1, -0.05) is 58.8 Å². The number of halogens is 3. The molecule has 1 aliphatic heterocycles. The summed E-state index contributed by atoms with van der Waals surface area (Å²) in [6.07, 6.45) is 1.76. The number of hydrogen-bond donors (Lipinski definition) is 0. The van der Waals surface area contributed by atoms with Crippen LogP contribution in [-0.2, 0) is 16.1 Å². The minimum Gasteiger partial charge on any atom is -0.494 e. The molecule has 0 N–H and O–H groups in total. The van der Waals surface area contributed by atoms with Crippen LogP contribution in [0.15, 0.2) is 81.7 Å². The number of carbonyl (C=O) groups is 1. The lowest BCUT2D eigenvalue weighted by molar-refractivity contribution is -0.139. The Morgan fingerprint density at radius 3 is 2.42 bits per heavy atom. The number of hydrogen-bond acceptors (Lipinski definition) is 7. The van der Waals surface area contributed by atoms with Gasteiger partial charge in [0.05, 0.1) is 38.6 Å². The monoisotopic (exact) mass is 748 g/mol. The summed E-state index contributed by atoms with van der Waals surface area (Å²) >= 11 is 15.9. The van der Waals surface area contributed by atoms with Gasteiger partial charge in [0.15, 0.2) is 4.80 Å². The third kappa shape index (κ3) is 6.85. The molecule has 0 radical (unpaired) electrons. The predicted molar refractivity (Wildman–Crippen MR) is 178 cm³/mol. The van der Waals surface area contributed by atoms with E-state index < -0.39 is 12.0 Å². The van der Waals surface area contributed by atoms with E-state index in [0.717, 1.165) is 14.7 Å². The quantitative estimate of drug-likeness (QED) is 0.141. The van der Waals surface area contributed by atoms with E-state index >= 15 is 0 Å². The lowest BCUT2D eigenvalue weighted by Gasteiger charge is -2.24. The molecule has 43 heavy (non-hydrogen) atoms. The van der Waals surface area contributed by atoms with Crippen LogP contribution in [0.25, 0.3) is 6.08 Å². The first-order valence-corrected chi connectivity index (χ1v) is 16.1. The Balaban J connectivity index is 1.63. The van der Waals surface area contributed by atoms with Gasteiger partial charge in [-0.05, 0) is 97.0 Å². The molecule has 0 unspecified atom stereocenters. The van der Waals surface area contributed by atoms with Crippen molar-refractivity contribution in [3.05, 3.63) is 122 Å². The van der Waals surface area contributed by atoms with Crippen molar-refractivity contribution in [2.75, 3.05) is 13.2 Å². The van der Waals surface area contributed by atoms with E-state index in [9.17, 15) is 9.59 Å². The zero-order valence-electron chi connectivity index (χ0n) is 23.5. The third-order valence-corrected chi connectivity index (χ3v) is 8.90.